The van der Waals surface area contributed by atoms with Gasteiger partial charge in [0.25, 0.3) is 11.2 Å². The largest absolute Gasteiger partial charge is 0.493 e. The molecule has 0 saturated heterocycles. The first-order valence-electron chi connectivity index (χ1n) is 11.1. The van der Waals surface area contributed by atoms with Gasteiger partial charge in [-0.1, -0.05) is 35.3 Å². The zero-order valence-electron chi connectivity index (χ0n) is 19.6. The van der Waals surface area contributed by atoms with Crippen molar-refractivity contribution in [3.8, 4) is 17.4 Å². The first-order valence-corrected chi connectivity index (χ1v) is 11.9. The molecular weight excluding hydrogens is 530 g/mol. The fourth-order valence-corrected chi connectivity index (χ4v) is 3.84. The number of hydrogen-bond acceptors (Lipinski definition) is 8. The summed E-state index contributed by atoms with van der Waals surface area (Å²) in [5.41, 5.74) is 0.678. The van der Waals surface area contributed by atoms with Gasteiger partial charge in [0.15, 0.2) is 11.5 Å². The second kappa shape index (κ2) is 11.1. The molecule has 2 aromatic heterocycles. The van der Waals surface area contributed by atoms with Crippen molar-refractivity contribution in [2.24, 2.45) is 5.10 Å². The van der Waals surface area contributed by atoms with Crippen molar-refractivity contribution in [2.75, 3.05) is 7.11 Å². The van der Waals surface area contributed by atoms with Gasteiger partial charge in [0.1, 0.15) is 12.0 Å². The monoisotopic (exact) mass is 551 g/mol. The number of nitro groups is 1. The Balaban J connectivity index is 1.77. The highest BCUT2D eigenvalue weighted by atomic mass is 79.9. The maximum absolute atomic E-state index is 13.3. The molecule has 0 radical (unpaired) electrons. The van der Waals surface area contributed by atoms with Crippen LogP contribution in [0.3, 0.4) is 0 Å². The van der Waals surface area contributed by atoms with E-state index in [1.54, 1.807) is 30.3 Å². The molecule has 0 atom stereocenters. The molecule has 184 valence electrons. The Kier molecular flexibility index (Phi) is 7.69. The van der Waals surface area contributed by atoms with Crippen LogP contribution >= 0.6 is 15.9 Å². The zero-order chi connectivity index (χ0) is 25.7. The number of ether oxygens (including phenoxy) is 2. The summed E-state index contributed by atoms with van der Waals surface area (Å²) in [5.74, 6) is 1.39. The minimum absolute atomic E-state index is 0.137. The highest BCUT2D eigenvalue weighted by Crippen LogP contribution is 2.34. The van der Waals surface area contributed by atoms with Gasteiger partial charge >= 0.3 is 0 Å². The predicted octanol–water partition coefficient (Wildman–Crippen LogP) is 5.49. The average Bonchev–Trinajstić information content (AvgIpc) is 2.88. The van der Waals surface area contributed by atoms with Crippen molar-refractivity contribution < 1.29 is 14.4 Å². The lowest BCUT2D eigenvalue weighted by molar-refractivity contribution is -0.385. The fourth-order valence-electron chi connectivity index (χ4n) is 3.48. The third-order valence-electron chi connectivity index (χ3n) is 5.31. The fraction of sp³-hybridized carbons (Fsp3) is 0.200. The molecule has 0 aliphatic rings. The number of hydrogen-bond donors (Lipinski definition) is 0. The van der Waals surface area contributed by atoms with Gasteiger partial charge in [0.05, 0.1) is 29.2 Å². The summed E-state index contributed by atoms with van der Waals surface area (Å²) in [7, 11) is 1.49. The van der Waals surface area contributed by atoms with E-state index in [9.17, 15) is 14.9 Å². The lowest BCUT2D eigenvalue weighted by atomic mass is 10.2. The van der Waals surface area contributed by atoms with E-state index in [-0.39, 0.29) is 17.1 Å². The maximum Gasteiger partial charge on any atom is 0.287 e. The highest BCUT2D eigenvalue weighted by molar-refractivity contribution is 9.10. The minimum atomic E-state index is -0.540. The van der Waals surface area contributed by atoms with E-state index in [0.29, 0.717) is 40.2 Å². The standard InChI is InChI=1S/C25H22BrN5O5/c1-3-4-8-22-29-20-11-9-17(26)13-19(20)25(32)30(22)28-14-16-6-5-7-21(35-2)24(16)36-23-12-10-18(15-27-23)31(33)34/h5-7,9-15H,3-4,8H2,1-2H3. The van der Waals surface area contributed by atoms with Gasteiger partial charge in [-0.2, -0.15) is 9.78 Å². The molecular formula is C25H22BrN5O5. The Hall–Kier alpha value is -4.12. The van der Waals surface area contributed by atoms with Crippen molar-refractivity contribution in [1.82, 2.24) is 14.6 Å². The molecule has 4 aromatic rings. The van der Waals surface area contributed by atoms with E-state index in [1.165, 1.54) is 30.1 Å². The first-order chi connectivity index (χ1) is 17.4. The number of rotatable bonds is 9. The predicted molar refractivity (Wildman–Crippen MR) is 139 cm³/mol. The van der Waals surface area contributed by atoms with Gasteiger partial charge in [-0.05, 0) is 36.8 Å². The van der Waals surface area contributed by atoms with Crippen LogP contribution in [0.25, 0.3) is 10.9 Å². The molecule has 0 amide bonds. The van der Waals surface area contributed by atoms with Crippen LogP contribution in [0.15, 0.2) is 69.1 Å². The smallest absolute Gasteiger partial charge is 0.287 e. The topological polar surface area (TPSA) is 122 Å². The number of aromatic nitrogens is 3. The molecule has 0 unspecified atom stereocenters. The third kappa shape index (κ3) is 5.41. The quantitative estimate of drug-likeness (QED) is 0.153. The van der Waals surface area contributed by atoms with Crippen LogP contribution in [0.1, 0.15) is 31.2 Å². The van der Waals surface area contributed by atoms with E-state index in [1.807, 2.05) is 6.07 Å². The van der Waals surface area contributed by atoms with Gasteiger partial charge < -0.3 is 9.47 Å². The number of nitrogens with zero attached hydrogens (tertiary/aromatic N) is 5. The summed E-state index contributed by atoms with van der Waals surface area (Å²) >= 11 is 3.41. The van der Waals surface area contributed by atoms with E-state index in [4.69, 9.17) is 9.47 Å². The number of unbranched alkanes of at least 4 members (excludes halogenated alkanes) is 1. The lowest BCUT2D eigenvalue weighted by Gasteiger charge is -2.13. The summed E-state index contributed by atoms with van der Waals surface area (Å²) in [5, 5.41) is 15.8. The Morgan fingerprint density at radius 2 is 2.06 bits per heavy atom. The molecule has 11 heteroatoms. The number of methoxy groups -OCH3 is 1. The van der Waals surface area contributed by atoms with Crippen LogP contribution in [0.2, 0.25) is 0 Å². The van der Waals surface area contributed by atoms with Crippen LogP contribution in [-0.4, -0.2) is 32.9 Å². The number of aryl methyl sites for hydroxylation is 1. The van der Waals surface area contributed by atoms with Crippen molar-refractivity contribution in [1.29, 1.82) is 0 Å². The number of benzene rings is 2. The molecule has 0 spiro atoms. The number of fused-ring (bicyclic) bond motifs is 1. The molecule has 0 bridgehead atoms. The van der Waals surface area contributed by atoms with Crippen molar-refractivity contribution in [3.05, 3.63) is 91.1 Å². The third-order valence-corrected chi connectivity index (χ3v) is 5.80. The summed E-state index contributed by atoms with van der Waals surface area (Å²) in [6, 6.07) is 13.3. The Morgan fingerprint density at radius 3 is 2.75 bits per heavy atom. The summed E-state index contributed by atoms with van der Waals surface area (Å²) < 4.78 is 13.4. The first kappa shape index (κ1) is 25.0. The van der Waals surface area contributed by atoms with E-state index < -0.39 is 4.92 Å². The molecule has 0 fully saturated rings. The molecule has 0 saturated carbocycles. The molecule has 36 heavy (non-hydrogen) atoms. The molecule has 0 N–H and O–H groups in total. The van der Waals surface area contributed by atoms with Gasteiger partial charge in [0, 0.05) is 28.6 Å². The molecule has 0 aliphatic heterocycles. The van der Waals surface area contributed by atoms with Crippen molar-refractivity contribution in [3.63, 3.8) is 0 Å². The molecule has 0 aliphatic carbocycles. The normalized spacial score (nSPS) is 11.2. The second-order valence-electron chi connectivity index (χ2n) is 7.75. The van der Waals surface area contributed by atoms with Gasteiger partial charge in [-0.3, -0.25) is 14.9 Å². The Bertz CT molecular complexity index is 1500. The number of pyridine rings is 1. The lowest BCUT2D eigenvalue weighted by Crippen LogP contribution is -2.22. The van der Waals surface area contributed by atoms with Crippen LogP contribution in [-0.2, 0) is 6.42 Å². The second-order valence-corrected chi connectivity index (χ2v) is 8.66. The Morgan fingerprint density at radius 1 is 1.22 bits per heavy atom. The average molecular weight is 552 g/mol. The van der Waals surface area contributed by atoms with E-state index in [0.717, 1.165) is 23.5 Å². The molecule has 2 aromatic carbocycles. The Labute approximate surface area is 214 Å². The molecule has 2 heterocycles. The van der Waals surface area contributed by atoms with E-state index in [2.05, 4.69) is 37.9 Å². The van der Waals surface area contributed by atoms with E-state index >= 15 is 0 Å². The molecule has 10 nitrogen and oxygen atoms in total. The van der Waals surface area contributed by atoms with Crippen LogP contribution in [0, 0.1) is 10.1 Å². The number of para-hydroxylation sites is 1. The van der Waals surface area contributed by atoms with Crippen LogP contribution < -0.4 is 15.0 Å². The minimum Gasteiger partial charge on any atom is -0.493 e. The van der Waals surface area contributed by atoms with Crippen LogP contribution in [0.4, 0.5) is 5.69 Å². The summed E-state index contributed by atoms with van der Waals surface area (Å²) in [6.45, 7) is 2.07. The van der Waals surface area contributed by atoms with Crippen molar-refractivity contribution in [2.45, 2.75) is 26.2 Å². The van der Waals surface area contributed by atoms with Gasteiger partial charge in [-0.25, -0.2) is 9.97 Å². The molecule has 4 rings (SSSR count). The number of halogens is 1. The van der Waals surface area contributed by atoms with Gasteiger partial charge in [-0.15, -0.1) is 0 Å². The highest BCUT2D eigenvalue weighted by Gasteiger charge is 2.15. The van der Waals surface area contributed by atoms with Crippen LogP contribution in [0.5, 0.6) is 17.4 Å². The van der Waals surface area contributed by atoms with Gasteiger partial charge in [0.2, 0.25) is 5.88 Å². The van der Waals surface area contributed by atoms with Crippen molar-refractivity contribution >= 4 is 38.7 Å². The SMILES string of the molecule is CCCCc1nc2ccc(Br)cc2c(=O)n1N=Cc1cccc(OC)c1Oc1ccc([N+](=O)[O-])cn1. The summed E-state index contributed by atoms with van der Waals surface area (Å²) in [4.78, 5) is 32.4. The summed E-state index contributed by atoms with van der Waals surface area (Å²) in [6.07, 6.45) is 4.98. The zero-order valence-corrected chi connectivity index (χ0v) is 21.1. The maximum atomic E-state index is 13.3.